The van der Waals surface area contributed by atoms with Crippen LogP contribution in [0.15, 0.2) is 23.4 Å². The number of nitro groups is 1. The van der Waals surface area contributed by atoms with Crippen LogP contribution in [-0.2, 0) is 9.53 Å². The van der Waals surface area contributed by atoms with E-state index in [0.717, 1.165) is 0 Å². The van der Waals surface area contributed by atoms with Gasteiger partial charge in [0.1, 0.15) is 6.61 Å². The third-order valence-corrected chi connectivity index (χ3v) is 4.95. The highest BCUT2D eigenvalue weighted by Crippen LogP contribution is 2.37. The molecule has 0 spiro atoms. The highest BCUT2D eigenvalue weighted by molar-refractivity contribution is 8.76. The van der Waals surface area contributed by atoms with Crippen molar-refractivity contribution in [2.24, 2.45) is 5.92 Å². The zero-order chi connectivity index (χ0) is 15.1. The first-order valence-corrected chi connectivity index (χ1v) is 8.22. The quantitative estimate of drug-likeness (QED) is 0.330. The molecule has 1 aromatic rings. The van der Waals surface area contributed by atoms with Gasteiger partial charge in [0, 0.05) is 17.5 Å². The molecule has 0 aliphatic rings. The van der Waals surface area contributed by atoms with Crippen LogP contribution in [0.4, 0.5) is 5.69 Å². The van der Waals surface area contributed by atoms with Gasteiger partial charge >= 0.3 is 11.7 Å². The molecule has 8 heteroatoms. The average Bonchev–Trinajstić information content (AvgIpc) is 2.42. The number of rotatable bonds is 7. The summed E-state index contributed by atoms with van der Waals surface area (Å²) in [6.45, 7) is 5.70. The highest BCUT2D eigenvalue weighted by Gasteiger charge is 2.17. The van der Waals surface area contributed by atoms with Crippen molar-refractivity contribution in [2.45, 2.75) is 31.0 Å². The Morgan fingerprint density at radius 2 is 2.20 bits per heavy atom. The summed E-state index contributed by atoms with van der Waals surface area (Å²) in [4.78, 5) is 25.7. The Balaban J connectivity index is 2.47. The minimum atomic E-state index is -0.459. The molecule has 0 unspecified atom stereocenters. The predicted molar refractivity (Wildman–Crippen MR) is 79.6 cm³/mol. The summed E-state index contributed by atoms with van der Waals surface area (Å²) in [6.07, 6.45) is 1.51. The van der Waals surface area contributed by atoms with Gasteiger partial charge in [0.15, 0.2) is 5.03 Å². The Bertz CT molecular complexity index is 482. The monoisotopic (exact) mass is 316 g/mol. The van der Waals surface area contributed by atoms with Gasteiger partial charge in [-0.2, -0.15) is 0 Å². The van der Waals surface area contributed by atoms with Crippen LogP contribution < -0.4 is 0 Å². The number of nitrogens with zero attached hydrogens (tertiary/aromatic N) is 2. The number of esters is 1. The lowest BCUT2D eigenvalue weighted by Crippen LogP contribution is -2.16. The van der Waals surface area contributed by atoms with Crippen molar-refractivity contribution < 1.29 is 14.5 Å². The van der Waals surface area contributed by atoms with Gasteiger partial charge in [-0.25, -0.2) is 4.98 Å². The maximum Gasteiger partial charge on any atom is 0.308 e. The van der Waals surface area contributed by atoms with E-state index in [1.165, 1.54) is 39.9 Å². The fourth-order valence-electron chi connectivity index (χ4n) is 1.11. The average molecular weight is 316 g/mol. The van der Waals surface area contributed by atoms with E-state index >= 15 is 0 Å². The normalized spacial score (nSPS) is 12.2. The number of hydrogen-bond acceptors (Lipinski definition) is 7. The maximum atomic E-state index is 11.3. The largest absolute Gasteiger partial charge is 0.464 e. The summed E-state index contributed by atoms with van der Waals surface area (Å²) in [5.74, 6) is -0.400. The molecule has 0 aliphatic carbocycles. The Hall–Kier alpha value is -1.28. The van der Waals surface area contributed by atoms with E-state index in [1.807, 2.05) is 6.92 Å². The third kappa shape index (κ3) is 5.38. The lowest BCUT2D eigenvalue weighted by Gasteiger charge is -2.12. The molecule has 0 N–H and O–H groups in total. The molecule has 0 fully saturated rings. The summed E-state index contributed by atoms with van der Waals surface area (Å²) in [5.41, 5.74) is -0.0172. The summed E-state index contributed by atoms with van der Waals surface area (Å²) in [6, 6.07) is 2.94. The van der Waals surface area contributed by atoms with E-state index in [1.54, 1.807) is 13.8 Å². The van der Waals surface area contributed by atoms with E-state index < -0.39 is 4.92 Å². The summed E-state index contributed by atoms with van der Waals surface area (Å²) in [5, 5.41) is 11.2. The lowest BCUT2D eigenvalue weighted by atomic mass is 10.2. The van der Waals surface area contributed by atoms with Crippen molar-refractivity contribution in [1.29, 1.82) is 0 Å². The van der Waals surface area contributed by atoms with Crippen LogP contribution in [0.1, 0.15) is 20.8 Å². The Labute approximate surface area is 125 Å². The second-order valence-electron chi connectivity index (χ2n) is 4.36. The zero-order valence-electron chi connectivity index (χ0n) is 11.4. The summed E-state index contributed by atoms with van der Waals surface area (Å²) >= 11 is 0. The van der Waals surface area contributed by atoms with Gasteiger partial charge in [0.25, 0.3) is 0 Å². The summed E-state index contributed by atoms with van der Waals surface area (Å²) in [7, 11) is 2.60. The Kier molecular flexibility index (Phi) is 6.80. The fraction of sp³-hybridized carbons (Fsp3) is 0.500. The first-order chi connectivity index (χ1) is 9.41. The molecule has 1 atom stereocenters. The van der Waals surface area contributed by atoms with Gasteiger partial charge in [-0.05, 0) is 23.8 Å². The molecular weight excluding hydrogens is 300 g/mol. The van der Waals surface area contributed by atoms with Gasteiger partial charge in [0.2, 0.25) is 0 Å². The molecule has 0 aromatic carbocycles. The molecule has 6 nitrogen and oxygen atoms in total. The molecule has 20 heavy (non-hydrogen) atoms. The second kappa shape index (κ2) is 8.11. The van der Waals surface area contributed by atoms with Gasteiger partial charge < -0.3 is 4.74 Å². The molecule has 0 bridgehead atoms. The van der Waals surface area contributed by atoms with Crippen molar-refractivity contribution in [3.63, 3.8) is 0 Å². The molecule has 1 heterocycles. The SMILES string of the molecule is CC(C)C(=O)OC[C@@H](C)SSc1ncccc1[N+](=O)[O-]. The van der Waals surface area contributed by atoms with Gasteiger partial charge in [-0.3, -0.25) is 14.9 Å². The van der Waals surface area contributed by atoms with Crippen LogP contribution in [0.25, 0.3) is 0 Å². The molecule has 1 aromatic heterocycles. The van der Waals surface area contributed by atoms with Gasteiger partial charge in [-0.1, -0.05) is 24.6 Å². The maximum absolute atomic E-state index is 11.3. The number of carbonyl (C=O) groups is 1. The number of aromatic nitrogens is 1. The molecule has 110 valence electrons. The van der Waals surface area contributed by atoms with Crippen LogP contribution in [0, 0.1) is 16.0 Å². The van der Waals surface area contributed by atoms with Crippen LogP contribution in [0.2, 0.25) is 0 Å². The molecule has 0 saturated carbocycles. The van der Waals surface area contributed by atoms with E-state index in [4.69, 9.17) is 4.74 Å². The van der Waals surface area contributed by atoms with Crippen LogP contribution in [0.3, 0.4) is 0 Å². The first-order valence-electron chi connectivity index (χ1n) is 6.01. The molecule has 0 saturated heterocycles. The van der Waals surface area contributed by atoms with E-state index in [0.29, 0.717) is 5.03 Å². The van der Waals surface area contributed by atoms with Crippen LogP contribution >= 0.6 is 21.6 Å². The van der Waals surface area contributed by atoms with Crippen molar-refractivity contribution in [3.05, 3.63) is 28.4 Å². The molecule has 1 rings (SSSR count). The lowest BCUT2D eigenvalue weighted by molar-refractivity contribution is -0.388. The minimum absolute atomic E-state index is 0.0172. The molecule has 0 radical (unpaired) electrons. The number of hydrogen-bond donors (Lipinski definition) is 0. The van der Waals surface area contributed by atoms with E-state index in [9.17, 15) is 14.9 Å². The molecular formula is C12H16N2O4S2. The Morgan fingerprint density at radius 1 is 1.50 bits per heavy atom. The molecule has 0 amide bonds. The first kappa shape index (κ1) is 16.8. The van der Waals surface area contributed by atoms with E-state index in [-0.39, 0.29) is 29.4 Å². The zero-order valence-corrected chi connectivity index (χ0v) is 13.1. The van der Waals surface area contributed by atoms with E-state index in [2.05, 4.69) is 4.98 Å². The highest BCUT2D eigenvalue weighted by atomic mass is 33.1. The smallest absolute Gasteiger partial charge is 0.308 e. The fourth-order valence-corrected chi connectivity index (χ4v) is 3.14. The topological polar surface area (TPSA) is 82.3 Å². The van der Waals surface area contributed by atoms with Crippen LogP contribution in [-0.4, -0.2) is 27.7 Å². The van der Waals surface area contributed by atoms with Crippen molar-refractivity contribution in [3.8, 4) is 0 Å². The number of carbonyl (C=O) groups excluding carboxylic acids is 1. The molecule has 0 aliphatic heterocycles. The van der Waals surface area contributed by atoms with Crippen molar-refractivity contribution in [1.82, 2.24) is 4.98 Å². The minimum Gasteiger partial charge on any atom is -0.464 e. The second-order valence-corrected chi connectivity index (χ2v) is 6.99. The van der Waals surface area contributed by atoms with Crippen molar-refractivity contribution in [2.75, 3.05) is 6.61 Å². The number of ether oxygens (including phenoxy) is 1. The summed E-state index contributed by atoms with van der Waals surface area (Å²) < 4.78 is 5.10. The van der Waals surface area contributed by atoms with Gasteiger partial charge in [0.05, 0.1) is 10.8 Å². The Morgan fingerprint density at radius 3 is 2.80 bits per heavy atom. The third-order valence-electron chi connectivity index (χ3n) is 2.17. The standard InChI is InChI=1S/C12H16N2O4S2/c1-8(2)12(15)18-7-9(3)19-20-11-10(14(16)17)5-4-6-13-11/h4-6,8-9H,7H2,1-3H3/t9-/m1/s1. The van der Waals surface area contributed by atoms with Crippen LogP contribution in [0.5, 0.6) is 0 Å². The predicted octanol–water partition coefficient (Wildman–Crippen LogP) is 3.32. The van der Waals surface area contributed by atoms with Crippen molar-refractivity contribution >= 4 is 33.2 Å². The number of pyridine rings is 1. The van der Waals surface area contributed by atoms with Gasteiger partial charge in [-0.15, -0.1) is 0 Å².